The number of fused-ring (bicyclic) bond motifs is 1. The third kappa shape index (κ3) is 4.21. The molecule has 2 N–H and O–H groups in total. The minimum Gasteiger partial charge on any atom is -0.326 e. The highest BCUT2D eigenvalue weighted by Crippen LogP contribution is 2.30. The number of H-pyrrole nitrogens is 1. The molecule has 1 aliphatic heterocycles. The van der Waals surface area contributed by atoms with Crippen LogP contribution in [0.2, 0.25) is 0 Å². The smallest absolute Gasteiger partial charge is 0.266 e. The van der Waals surface area contributed by atoms with E-state index in [1.54, 1.807) is 25.7 Å². The lowest BCUT2D eigenvalue weighted by Crippen LogP contribution is -2.33. The Morgan fingerprint density at radius 2 is 2.07 bits per heavy atom. The molecule has 0 fully saturated rings. The molecule has 1 aromatic heterocycles. The van der Waals surface area contributed by atoms with E-state index in [-0.39, 0.29) is 23.8 Å². The van der Waals surface area contributed by atoms with Gasteiger partial charge in [0.05, 0.1) is 0 Å². The molecule has 2 aromatic rings. The van der Waals surface area contributed by atoms with Gasteiger partial charge in [0.25, 0.3) is 5.56 Å². The number of carbonyl (C=O) groups is 2. The molecule has 29 heavy (non-hydrogen) atoms. The second-order valence-electron chi connectivity index (χ2n) is 7.34. The number of benzene rings is 1. The number of carbonyl (C=O) groups excluding carboxylic acids is 2. The Kier molecular flexibility index (Phi) is 5.83. The van der Waals surface area contributed by atoms with E-state index < -0.39 is 5.56 Å². The van der Waals surface area contributed by atoms with Crippen LogP contribution < -0.4 is 15.8 Å². The molecular weight excluding hydrogens is 368 g/mol. The Balaban J connectivity index is 1.71. The van der Waals surface area contributed by atoms with Crippen LogP contribution in [-0.4, -0.2) is 23.3 Å². The lowest BCUT2D eigenvalue weighted by Gasteiger charge is -2.29. The van der Waals surface area contributed by atoms with Gasteiger partial charge in [-0.15, -0.1) is 0 Å². The van der Waals surface area contributed by atoms with Crippen LogP contribution in [0.25, 0.3) is 0 Å². The van der Waals surface area contributed by atoms with Gasteiger partial charge in [-0.3, -0.25) is 14.4 Å². The van der Waals surface area contributed by atoms with E-state index in [0.29, 0.717) is 23.4 Å². The number of aromatic amines is 1. The molecule has 2 heterocycles. The quantitative estimate of drug-likeness (QED) is 0.834. The first kappa shape index (κ1) is 20.3. The van der Waals surface area contributed by atoms with Crippen LogP contribution in [0.3, 0.4) is 0 Å². The number of amides is 2. The van der Waals surface area contributed by atoms with Crippen molar-refractivity contribution in [2.24, 2.45) is 0 Å². The number of nitriles is 1. The first-order valence-electron chi connectivity index (χ1n) is 9.65. The number of aromatic nitrogens is 1. The van der Waals surface area contributed by atoms with E-state index in [0.717, 1.165) is 36.2 Å². The molecule has 2 amide bonds. The van der Waals surface area contributed by atoms with Crippen molar-refractivity contribution in [1.29, 1.82) is 5.26 Å². The van der Waals surface area contributed by atoms with Crippen molar-refractivity contribution in [3.8, 4) is 6.07 Å². The molecule has 0 radical (unpaired) electrons. The molecule has 0 spiro atoms. The summed E-state index contributed by atoms with van der Waals surface area (Å²) in [7, 11) is 0. The monoisotopic (exact) mass is 392 g/mol. The largest absolute Gasteiger partial charge is 0.326 e. The molecule has 3 rings (SSSR count). The van der Waals surface area contributed by atoms with Gasteiger partial charge >= 0.3 is 0 Å². The summed E-state index contributed by atoms with van der Waals surface area (Å²) in [5.74, 6) is -0.126. The van der Waals surface area contributed by atoms with Crippen molar-refractivity contribution in [3.63, 3.8) is 0 Å². The second-order valence-corrected chi connectivity index (χ2v) is 7.34. The molecule has 1 aliphatic rings. The maximum Gasteiger partial charge on any atom is 0.266 e. The highest BCUT2D eigenvalue weighted by molar-refractivity contribution is 5.94. The second kappa shape index (κ2) is 8.31. The van der Waals surface area contributed by atoms with Gasteiger partial charge in [-0.1, -0.05) is 0 Å². The van der Waals surface area contributed by atoms with E-state index >= 15 is 0 Å². The van der Waals surface area contributed by atoms with Crippen LogP contribution in [0.4, 0.5) is 11.4 Å². The Hall–Kier alpha value is -3.40. The standard InChI is InChI=1S/C22H24N4O3/c1-13-18(14(2)24-22(29)19(13)12-23)7-9-21(28)25-17-6-8-20-16(11-17)5-4-10-26(20)15(3)27/h6,8,11H,4-5,7,9-10H2,1-3H3,(H,24,29)(H,25,28). The van der Waals surface area contributed by atoms with Gasteiger partial charge in [-0.05, 0) is 68.0 Å². The summed E-state index contributed by atoms with van der Waals surface area (Å²) in [6, 6.07) is 7.53. The number of pyridine rings is 1. The Morgan fingerprint density at radius 1 is 1.31 bits per heavy atom. The molecular formula is C22H24N4O3. The average molecular weight is 392 g/mol. The molecule has 0 atom stereocenters. The van der Waals surface area contributed by atoms with Crippen LogP contribution >= 0.6 is 0 Å². The number of nitrogens with zero attached hydrogens (tertiary/aromatic N) is 2. The van der Waals surface area contributed by atoms with E-state index in [1.807, 2.05) is 24.3 Å². The zero-order chi connectivity index (χ0) is 21.1. The molecule has 0 unspecified atom stereocenters. The first-order chi connectivity index (χ1) is 13.8. The summed E-state index contributed by atoms with van der Waals surface area (Å²) in [5.41, 5.74) is 4.48. The van der Waals surface area contributed by atoms with Crippen LogP contribution in [0.1, 0.15) is 47.7 Å². The molecule has 0 aliphatic carbocycles. The van der Waals surface area contributed by atoms with Crippen molar-refractivity contribution >= 4 is 23.2 Å². The van der Waals surface area contributed by atoms with Crippen molar-refractivity contribution in [2.75, 3.05) is 16.8 Å². The molecule has 7 heteroatoms. The van der Waals surface area contributed by atoms with Crippen LogP contribution in [-0.2, 0) is 22.4 Å². The summed E-state index contributed by atoms with van der Waals surface area (Å²) in [4.78, 5) is 40.5. The average Bonchev–Trinajstić information content (AvgIpc) is 2.67. The van der Waals surface area contributed by atoms with Gasteiger partial charge in [0.1, 0.15) is 11.6 Å². The summed E-state index contributed by atoms with van der Waals surface area (Å²) < 4.78 is 0. The fourth-order valence-electron chi connectivity index (χ4n) is 3.88. The normalized spacial score (nSPS) is 12.8. The molecule has 0 saturated heterocycles. The first-order valence-corrected chi connectivity index (χ1v) is 9.65. The van der Waals surface area contributed by atoms with Crippen molar-refractivity contribution in [2.45, 2.75) is 46.5 Å². The van der Waals surface area contributed by atoms with Crippen LogP contribution in [0.5, 0.6) is 0 Å². The maximum atomic E-state index is 12.5. The molecule has 0 saturated carbocycles. The predicted octanol–water partition coefficient (Wildman–Crippen LogP) is 2.73. The predicted molar refractivity (Wildman–Crippen MR) is 111 cm³/mol. The molecule has 7 nitrogen and oxygen atoms in total. The van der Waals surface area contributed by atoms with Gasteiger partial charge in [-0.25, -0.2) is 0 Å². The van der Waals surface area contributed by atoms with Crippen molar-refractivity contribution in [1.82, 2.24) is 4.98 Å². The highest BCUT2D eigenvalue weighted by atomic mass is 16.2. The number of nitrogens with one attached hydrogen (secondary N) is 2. The van der Waals surface area contributed by atoms with Crippen LogP contribution in [0.15, 0.2) is 23.0 Å². The van der Waals surface area contributed by atoms with Gasteiger partial charge < -0.3 is 15.2 Å². The third-order valence-electron chi connectivity index (χ3n) is 5.38. The van der Waals surface area contributed by atoms with Gasteiger partial charge in [0, 0.05) is 37.0 Å². The summed E-state index contributed by atoms with van der Waals surface area (Å²) in [5, 5.41) is 12.1. The topological polar surface area (TPSA) is 106 Å². The van der Waals surface area contributed by atoms with E-state index in [2.05, 4.69) is 10.3 Å². The minimum absolute atomic E-state index is 0.0196. The molecule has 0 bridgehead atoms. The lowest BCUT2D eigenvalue weighted by molar-refractivity contribution is -0.117. The fourth-order valence-corrected chi connectivity index (χ4v) is 3.88. The van der Waals surface area contributed by atoms with Crippen LogP contribution in [0, 0.1) is 25.2 Å². The van der Waals surface area contributed by atoms with E-state index in [1.165, 1.54) is 0 Å². The third-order valence-corrected chi connectivity index (χ3v) is 5.38. The van der Waals surface area contributed by atoms with Gasteiger partial charge in [0.2, 0.25) is 11.8 Å². The number of hydrogen-bond donors (Lipinski definition) is 2. The highest BCUT2D eigenvalue weighted by Gasteiger charge is 2.20. The summed E-state index contributed by atoms with van der Waals surface area (Å²) in [6.07, 6.45) is 2.43. The zero-order valence-electron chi connectivity index (χ0n) is 16.9. The maximum absolute atomic E-state index is 12.5. The number of rotatable bonds is 4. The fraction of sp³-hybridized carbons (Fsp3) is 0.364. The lowest BCUT2D eigenvalue weighted by atomic mass is 9.98. The van der Waals surface area contributed by atoms with Gasteiger partial charge in [-0.2, -0.15) is 5.26 Å². The Labute approximate surface area is 169 Å². The van der Waals surface area contributed by atoms with E-state index in [9.17, 15) is 14.4 Å². The number of hydrogen-bond acceptors (Lipinski definition) is 4. The summed E-state index contributed by atoms with van der Waals surface area (Å²) >= 11 is 0. The van der Waals surface area contributed by atoms with E-state index in [4.69, 9.17) is 5.26 Å². The van der Waals surface area contributed by atoms with Gasteiger partial charge in [0.15, 0.2) is 0 Å². The number of anilines is 2. The summed E-state index contributed by atoms with van der Waals surface area (Å²) in [6.45, 7) is 5.78. The van der Waals surface area contributed by atoms with Crippen molar-refractivity contribution < 1.29 is 9.59 Å². The molecule has 1 aromatic carbocycles. The number of aryl methyl sites for hydroxylation is 2. The Bertz CT molecular complexity index is 1080. The zero-order valence-corrected chi connectivity index (χ0v) is 16.9. The SMILES string of the molecule is CC(=O)N1CCCc2cc(NC(=O)CCc3c(C)[nH]c(=O)c(C#N)c3C)ccc21. The van der Waals surface area contributed by atoms with Crippen molar-refractivity contribution in [3.05, 3.63) is 56.5 Å². The molecule has 150 valence electrons. The minimum atomic E-state index is -0.399. The Morgan fingerprint density at radius 3 is 2.76 bits per heavy atom.